The van der Waals surface area contributed by atoms with E-state index in [4.69, 9.17) is 9.15 Å². The molecular formula is C15H20N2O5. The molecule has 1 aromatic heterocycles. The summed E-state index contributed by atoms with van der Waals surface area (Å²) in [6, 6.07) is 3.43. The molecule has 7 heteroatoms. The third kappa shape index (κ3) is 4.09. The first-order valence-electron chi connectivity index (χ1n) is 7.38. The van der Waals surface area contributed by atoms with Crippen molar-refractivity contribution >= 4 is 17.8 Å². The second kappa shape index (κ2) is 7.63. The van der Waals surface area contributed by atoms with Crippen LogP contribution >= 0.6 is 0 Å². The van der Waals surface area contributed by atoms with E-state index in [1.54, 1.807) is 19.1 Å². The van der Waals surface area contributed by atoms with Crippen LogP contribution in [0.15, 0.2) is 22.8 Å². The van der Waals surface area contributed by atoms with Crippen LogP contribution in [0.25, 0.3) is 0 Å². The molecular weight excluding hydrogens is 288 g/mol. The summed E-state index contributed by atoms with van der Waals surface area (Å²) in [4.78, 5) is 36.9. The lowest BCUT2D eigenvalue weighted by Gasteiger charge is -2.30. The monoisotopic (exact) mass is 308 g/mol. The van der Waals surface area contributed by atoms with Crippen molar-refractivity contribution in [1.82, 2.24) is 10.2 Å². The number of carbonyl (C=O) groups excluding carboxylic acids is 3. The number of ether oxygens (including phenoxy) is 1. The van der Waals surface area contributed by atoms with Gasteiger partial charge >= 0.3 is 17.8 Å². The molecule has 0 saturated carbocycles. The average Bonchev–Trinajstić information content (AvgIpc) is 3.05. The van der Waals surface area contributed by atoms with E-state index in [2.05, 4.69) is 5.32 Å². The Morgan fingerprint density at radius 3 is 2.68 bits per heavy atom. The number of piperidine rings is 1. The highest BCUT2D eigenvalue weighted by molar-refractivity contribution is 6.34. The summed E-state index contributed by atoms with van der Waals surface area (Å²) in [5, 5.41) is 2.52. The van der Waals surface area contributed by atoms with Crippen molar-refractivity contribution in [3.05, 3.63) is 24.2 Å². The van der Waals surface area contributed by atoms with Gasteiger partial charge in [0, 0.05) is 13.1 Å². The Hall–Kier alpha value is -2.31. The molecule has 0 atom stereocenters. The summed E-state index contributed by atoms with van der Waals surface area (Å²) in [6.07, 6.45) is 2.55. The zero-order valence-corrected chi connectivity index (χ0v) is 12.5. The molecule has 2 heterocycles. The lowest BCUT2D eigenvalue weighted by molar-refractivity contribution is -0.152. The number of hydrogen-bond acceptors (Lipinski definition) is 5. The summed E-state index contributed by atoms with van der Waals surface area (Å²) in [5.74, 6) is -1.06. The lowest BCUT2D eigenvalue weighted by Crippen LogP contribution is -2.47. The van der Waals surface area contributed by atoms with Gasteiger partial charge in [0.2, 0.25) is 0 Å². The molecule has 0 aliphatic carbocycles. The van der Waals surface area contributed by atoms with Gasteiger partial charge in [-0.05, 0) is 31.9 Å². The van der Waals surface area contributed by atoms with Crippen molar-refractivity contribution < 1.29 is 23.5 Å². The van der Waals surface area contributed by atoms with Gasteiger partial charge < -0.3 is 19.4 Å². The Bertz CT molecular complexity index is 518. The molecule has 1 saturated heterocycles. The summed E-state index contributed by atoms with van der Waals surface area (Å²) in [5.41, 5.74) is 0. The Kier molecular flexibility index (Phi) is 5.57. The molecule has 2 rings (SSSR count). The van der Waals surface area contributed by atoms with E-state index < -0.39 is 11.8 Å². The predicted molar refractivity (Wildman–Crippen MR) is 76.5 cm³/mol. The molecule has 0 bridgehead atoms. The topological polar surface area (TPSA) is 88.8 Å². The Balaban J connectivity index is 1.76. The van der Waals surface area contributed by atoms with Crippen LogP contribution in [0, 0.1) is 5.92 Å². The third-order valence-electron chi connectivity index (χ3n) is 3.60. The number of furan rings is 1. The molecule has 0 radical (unpaired) electrons. The van der Waals surface area contributed by atoms with Crippen LogP contribution < -0.4 is 5.32 Å². The Labute approximate surface area is 128 Å². The molecule has 1 aromatic rings. The molecule has 1 aliphatic rings. The standard InChI is InChI=1S/C15H20N2O5/c1-2-21-15(20)11-5-7-17(8-6-11)14(19)13(18)16-10-12-4-3-9-22-12/h3-4,9,11H,2,5-8,10H2,1H3,(H,16,18). The molecule has 22 heavy (non-hydrogen) atoms. The molecule has 0 aromatic carbocycles. The van der Waals surface area contributed by atoms with Gasteiger partial charge in [0.25, 0.3) is 0 Å². The highest BCUT2D eigenvalue weighted by Crippen LogP contribution is 2.18. The van der Waals surface area contributed by atoms with E-state index >= 15 is 0 Å². The van der Waals surface area contributed by atoms with Gasteiger partial charge in [-0.15, -0.1) is 0 Å². The molecule has 1 N–H and O–H groups in total. The van der Waals surface area contributed by atoms with E-state index in [9.17, 15) is 14.4 Å². The van der Waals surface area contributed by atoms with Crippen LogP contribution in [-0.4, -0.2) is 42.4 Å². The predicted octanol–water partition coefficient (Wildman–Crippen LogP) is 0.697. The van der Waals surface area contributed by atoms with E-state index in [1.165, 1.54) is 11.2 Å². The first-order chi connectivity index (χ1) is 10.6. The van der Waals surface area contributed by atoms with E-state index in [1.807, 2.05) is 0 Å². The van der Waals surface area contributed by atoms with Gasteiger partial charge in [0.1, 0.15) is 5.76 Å². The summed E-state index contributed by atoms with van der Waals surface area (Å²) < 4.78 is 10.1. The van der Waals surface area contributed by atoms with Crippen LogP contribution in [0.5, 0.6) is 0 Å². The number of esters is 1. The van der Waals surface area contributed by atoms with Gasteiger partial charge in [-0.2, -0.15) is 0 Å². The third-order valence-corrected chi connectivity index (χ3v) is 3.60. The van der Waals surface area contributed by atoms with Gasteiger partial charge in [-0.3, -0.25) is 14.4 Å². The van der Waals surface area contributed by atoms with Crippen LogP contribution in [-0.2, 0) is 25.7 Å². The number of amides is 2. The fraction of sp³-hybridized carbons (Fsp3) is 0.533. The Morgan fingerprint density at radius 2 is 2.09 bits per heavy atom. The van der Waals surface area contributed by atoms with Gasteiger partial charge in [0.15, 0.2) is 0 Å². The first kappa shape index (κ1) is 16.1. The summed E-state index contributed by atoms with van der Waals surface area (Å²) in [7, 11) is 0. The first-order valence-corrected chi connectivity index (χ1v) is 7.38. The summed E-state index contributed by atoms with van der Waals surface area (Å²) >= 11 is 0. The maximum absolute atomic E-state index is 12.0. The van der Waals surface area contributed by atoms with Crippen LogP contribution in [0.1, 0.15) is 25.5 Å². The van der Waals surface area contributed by atoms with Crippen molar-refractivity contribution in [1.29, 1.82) is 0 Å². The maximum Gasteiger partial charge on any atom is 0.311 e. The van der Waals surface area contributed by atoms with Gasteiger partial charge in [-0.1, -0.05) is 0 Å². The van der Waals surface area contributed by atoms with Gasteiger partial charge in [-0.25, -0.2) is 0 Å². The number of rotatable bonds is 4. The van der Waals surface area contributed by atoms with Crippen LogP contribution in [0.3, 0.4) is 0 Å². The Morgan fingerprint density at radius 1 is 1.36 bits per heavy atom. The molecule has 0 unspecified atom stereocenters. The summed E-state index contributed by atoms with van der Waals surface area (Å²) in [6.45, 7) is 3.07. The van der Waals surface area contributed by atoms with Crippen molar-refractivity contribution in [3.63, 3.8) is 0 Å². The van der Waals surface area contributed by atoms with Gasteiger partial charge in [0.05, 0.1) is 25.3 Å². The molecule has 1 aliphatic heterocycles. The molecule has 0 spiro atoms. The number of nitrogens with zero attached hydrogens (tertiary/aromatic N) is 1. The number of likely N-dealkylation sites (tertiary alicyclic amines) is 1. The lowest BCUT2D eigenvalue weighted by atomic mass is 9.97. The SMILES string of the molecule is CCOC(=O)C1CCN(C(=O)C(=O)NCc2ccco2)CC1. The quantitative estimate of drug-likeness (QED) is 0.653. The van der Waals surface area contributed by atoms with Crippen LogP contribution in [0.2, 0.25) is 0 Å². The molecule has 120 valence electrons. The number of hydrogen-bond donors (Lipinski definition) is 1. The number of carbonyl (C=O) groups is 3. The average molecular weight is 308 g/mol. The van der Waals surface area contributed by atoms with Crippen LogP contribution in [0.4, 0.5) is 0 Å². The zero-order valence-electron chi connectivity index (χ0n) is 12.5. The molecule has 7 nitrogen and oxygen atoms in total. The number of nitrogens with one attached hydrogen (secondary N) is 1. The maximum atomic E-state index is 12.0. The smallest absolute Gasteiger partial charge is 0.311 e. The minimum Gasteiger partial charge on any atom is -0.467 e. The molecule has 1 fully saturated rings. The fourth-order valence-electron chi connectivity index (χ4n) is 2.38. The van der Waals surface area contributed by atoms with Crippen molar-refractivity contribution in [3.8, 4) is 0 Å². The van der Waals surface area contributed by atoms with E-state index in [0.29, 0.717) is 38.3 Å². The van der Waals surface area contributed by atoms with E-state index in [0.717, 1.165) is 0 Å². The van der Waals surface area contributed by atoms with Crippen molar-refractivity contribution in [2.24, 2.45) is 5.92 Å². The largest absolute Gasteiger partial charge is 0.467 e. The highest BCUT2D eigenvalue weighted by Gasteiger charge is 2.30. The second-order valence-corrected chi connectivity index (χ2v) is 5.08. The normalized spacial score (nSPS) is 15.4. The minimum atomic E-state index is -0.661. The highest BCUT2D eigenvalue weighted by atomic mass is 16.5. The minimum absolute atomic E-state index is 0.177. The van der Waals surface area contributed by atoms with Crippen molar-refractivity contribution in [2.75, 3.05) is 19.7 Å². The second-order valence-electron chi connectivity index (χ2n) is 5.08. The zero-order chi connectivity index (χ0) is 15.9. The van der Waals surface area contributed by atoms with Crippen molar-refractivity contribution in [2.45, 2.75) is 26.3 Å². The van der Waals surface area contributed by atoms with E-state index in [-0.39, 0.29) is 18.4 Å². The molecule has 2 amide bonds. The fourth-order valence-corrected chi connectivity index (χ4v) is 2.38.